The van der Waals surface area contributed by atoms with Gasteiger partial charge in [-0.3, -0.25) is 4.79 Å². The maximum Gasteiger partial charge on any atom is 0.410 e. The zero-order valence-electron chi connectivity index (χ0n) is 19.3. The number of amides is 2. The Morgan fingerprint density at radius 1 is 1.12 bits per heavy atom. The lowest BCUT2D eigenvalue weighted by Gasteiger charge is -2.34. The molecule has 9 heteroatoms. The molecule has 0 spiro atoms. The Bertz CT molecular complexity index is 1150. The number of morpholine rings is 1. The van der Waals surface area contributed by atoms with E-state index >= 15 is 0 Å². The quantitative estimate of drug-likeness (QED) is 0.609. The normalized spacial score (nSPS) is 16.2. The van der Waals surface area contributed by atoms with Crippen LogP contribution in [0.5, 0.6) is 0 Å². The predicted octanol–water partition coefficient (Wildman–Crippen LogP) is 4.57. The summed E-state index contributed by atoms with van der Waals surface area (Å²) in [7, 11) is 0. The number of carbonyl (C=O) groups excluding carboxylic acids is 2. The highest BCUT2D eigenvalue weighted by atomic mass is 19.1. The Hall–Kier alpha value is -3.72. The molecule has 34 heavy (non-hydrogen) atoms. The van der Waals surface area contributed by atoms with Gasteiger partial charge in [-0.25, -0.2) is 13.9 Å². The van der Waals surface area contributed by atoms with Gasteiger partial charge in [0.05, 0.1) is 30.6 Å². The summed E-state index contributed by atoms with van der Waals surface area (Å²) in [5.41, 5.74) is 1.98. The summed E-state index contributed by atoms with van der Waals surface area (Å²) in [5, 5.41) is 7.01. The number of rotatable bonds is 4. The highest BCUT2D eigenvalue weighted by Crippen LogP contribution is 2.25. The molecule has 0 aliphatic carbocycles. The molecule has 1 N–H and O–H groups in total. The minimum Gasteiger partial charge on any atom is -0.444 e. The Labute approximate surface area is 197 Å². The second-order valence-corrected chi connectivity index (χ2v) is 9.01. The molecule has 2 heterocycles. The molecule has 3 aromatic rings. The van der Waals surface area contributed by atoms with E-state index in [0.717, 1.165) is 5.56 Å². The molecular formula is C25H27FN4O4. The molecular weight excluding hydrogens is 439 g/mol. The van der Waals surface area contributed by atoms with Crippen molar-refractivity contribution < 1.29 is 23.5 Å². The number of benzene rings is 2. The smallest absolute Gasteiger partial charge is 0.410 e. The Kier molecular flexibility index (Phi) is 6.65. The summed E-state index contributed by atoms with van der Waals surface area (Å²) in [6.07, 6.45) is 2.40. The van der Waals surface area contributed by atoms with E-state index in [1.165, 1.54) is 23.0 Å². The molecule has 1 atom stereocenters. The molecule has 178 valence electrons. The van der Waals surface area contributed by atoms with Crippen LogP contribution in [0.3, 0.4) is 0 Å². The number of halogens is 1. The van der Waals surface area contributed by atoms with Crippen LogP contribution in [0.15, 0.2) is 60.9 Å². The number of hydrogen-bond acceptors (Lipinski definition) is 5. The molecule has 1 saturated heterocycles. The molecule has 1 aromatic heterocycles. The van der Waals surface area contributed by atoms with Crippen LogP contribution in [-0.4, -0.2) is 52.0 Å². The summed E-state index contributed by atoms with van der Waals surface area (Å²) >= 11 is 0. The standard InChI is InChI=1S/C25H27FN4O4/c1-25(2,3)34-24(32)29-12-13-33-22(16-29)17-4-8-20(9-5-17)28-23(31)18-14-27-30(15-18)21-10-6-19(26)7-11-21/h4-11,14-15,22H,12-13,16H2,1-3H3,(H,28,31). The van der Waals surface area contributed by atoms with Crippen molar-refractivity contribution in [2.75, 3.05) is 25.0 Å². The van der Waals surface area contributed by atoms with E-state index in [9.17, 15) is 14.0 Å². The monoisotopic (exact) mass is 466 g/mol. The van der Waals surface area contributed by atoms with Crippen molar-refractivity contribution in [1.29, 1.82) is 0 Å². The number of nitrogens with one attached hydrogen (secondary N) is 1. The molecule has 1 aliphatic heterocycles. The van der Waals surface area contributed by atoms with Gasteiger partial charge in [0, 0.05) is 18.4 Å². The number of aromatic nitrogens is 2. The Morgan fingerprint density at radius 2 is 1.82 bits per heavy atom. The van der Waals surface area contributed by atoms with Crippen LogP contribution in [0.4, 0.5) is 14.9 Å². The fourth-order valence-electron chi connectivity index (χ4n) is 3.50. The van der Waals surface area contributed by atoms with Gasteiger partial charge in [0.15, 0.2) is 0 Å². The lowest BCUT2D eigenvalue weighted by Crippen LogP contribution is -2.44. The van der Waals surface area contributed by atoms with Gasteiger partial charge in [-0.15, -0.1) is 0 Å². The average Bonchev–Trinajstić information content (AvgIpc) is 3.30. The Morgan fingerprint density at radius 3 is 2.50 bits per heavy atom. The first-order valence-electron chi connectivity index (χ1n) is 11.0. The van der Waals surface area contributed by atoms with Gasteiger partial charge in [-0.05, 0) is 62.7 Å². The third-order valence-corrected chi connectivity index (χ3v) is 5.19. The molecule has 1 fully saturated rings. The van der Waals surface area contributed by atoms with Gasteiger partial charge in [-0.1, -0.05) is 12.1 Å². The topological polar surface area (TPSA) is 85.7 Å². The molecule has 8 nitrogen and oxygen atoms in total. The lowest BCUT2D eigenvalue weighted by molar-refractivity contribution is -0.0432. The summed E-state index contributed by atoms with van der Waals surface area (Å²) in [6, 6.07) is 13.1. The minimum absolute atomic E-state index is 0.278. The van der Waals surface area contributed by atoms with Crippen molar-refractivity contribution in [3.63, 3.8) is 0 Å². The molecule has 0 saturated carbocycles. The minimum atomic E-state index is -0.555. The maximum absolute atomic E-state index is 13.1. The number of anilines is 1. The fourth-order valence-corrected chi connectivity index (χ4v) is 3.50. The van der Waals surface area contributed by atoms with E-state index in [2.05, 4.69) is 10.4 Å². The number of hydrogen-bond donors (Lipinski definition) is 1. The molecule has 1 unspecified atom stereocenters. The van der Waals surface area contributed by atoms with E-state index in [1.54, 1.807) is 35.4 Å². The van der Waals surface area contributed by atoms with Gasteiger partial charge in [-0.2, -0.15) is 5.10 Å². The summed E-state index contributed by atoms with van der Waals surface area (Å²) in [6.45, 7) is 6.80. The first-order valence-corrected chi connectivity index (χ1v) is 11.0. The van der Waals surface area contributed by atoms with Crippen molar-refractivity contribution in [3.8, 4) is 5.69 Å². The van der Waals surface area contributed by atoms with E-state index in [-0.39, 0.29) is 23.9 Å². The number of carbonyl (C=O) groups is 2. The van der Waals surface area contributed by atoms with Crippen LogP contribution in [-0.2, 0) is 9.47 Å². The molecule has 2 amide bonds. The zero-order valence-corrected chi connectivity index (χ0v) is 19.3. The average molecular weight is 467 g/mol. The SMILES string of the molecule is CC(C)(C)OC(=O)N1CCOC(c2ccc(NC(=O)c3cnn(-c4ccc(F)cc4)c3)cc2)C1. The first-order chi connectivity index (χ1) is 16.2. The van der Waals surface area contributed by atoms with Crippen molar-refractivity contribution in [2.24, 2.45) is 0 Å². The van der Waals surface area contributed by atoms with Gasteiger partial charge >= 0.3 is 6.09 Å². The van der Waals surface area contributed by atoms with Crippen molar-refractivity contribution in [1.82, 2.24) is 14.7 Å². The second-order valence-electron chi connectivity index (χ2n) is 9.01. The number of nitrogens with zero attached hydrogens (tertiary/aromatic N) is 3. The summed E-state index contributed by atoms with van der Waals surface area (Å²) < 4.78 is 25.9. The molecule has 0 bridgehead atoms. The molecule has 0 radical (unpaired) electrons. The van der Waals surface area contributed by atoms with Crippen LogP contribution in [0, 0.1) is 5.82 Å². The van der Waals surface area contributed by atoms with E-state index < -0.39 is 5.60 Å². The van der Waals surface area contributed by atoms with Crippen LogP contribution >= 0.6 is 0 Å². The van der Waals surface area contributed by atoms with Crippen LogP contribution in [0.1, 0.15) is 42.8 Å². The second kappa shape index (κ2) is 9.64. The highest BCUT2D eigenvalue weighted by molar-refractivity contribution is 6.04. The van der Waals surface area contributed by atoms with Gasteiger partial charge < -0.3 is 19.7 Å². The van der Waals surface area contributed by atoms with Gasteiger partial charge in [0.2, 0.25) is 0 Å². The highest BCUT2D eigenvalue weighted by Gasteiger charge is 2.29. The van der Waals surface area contributed by atoms with Crippen LogP contribution in [0.2, 0.25) is 0 Å². The lowest BCUT2D eigenvalue weighted by atomic mass is 10.1. The van der Waals surface area contributed by atoms with Gasteiger partial charge in [0.1, 0.15) is 17.5 Å². The van der Waals surface area contributed by atoms with Crippen molar-refractivity contribution in [2.45, 2.75) is 32.5 Å². The number of ether oxygens (including phenoxy) is 2. The third-order valence-electron chi connectivity index (χ3n) is 5.19. The third kappa shape index (κ3) is 5.79. The molecule has 1 aliphatic rings. The molecule has 4 rings (SSSR count). The van der Waals surface area contributed by atoms with Crippen molar-refractivity contribution in [3.05, 3.63) is 77.9 Å². The summed E-state index contributed by atoms with van der Waals surface area (Å²) in [5.74, 6) is -0.653. The van der Waals surface area contributed by atoms with Crippen molar-refractivity contribution >= 4 is 17.7 Å². The first kappa shape index (κ1) is 23.4. The predicted molar refractivity (Wildman–Crippen MR) is 124 cm³/mol. The summed E-state index contributed by atoms with van der Waals surface area (Å²) in [4.78, 5) is 26.7. The van der Waals surface area contributed by atoms with E-state index in [0.29, 0.717) is 36.6 Å². The maximum atomic E-state index is 13.1. The fraction of sp³-hybridized carbons (Fsp3) is 0.320. The van der Waals surface area contributed by atoms with Crippen LogP contribution < -0.4 is 5.32 Å². The van der Waals surface area contributed by atoms with Gasteiger partial charge in [0.25, 0.3) is 5.91 Å². The largest absolute Gasteiger partial charge is 0.444 e. The molecule has 2 aromatic carbocycles. The van der Waals surface area contributed by atoms with E-state index in [1.807, 2.05) is 32.9 Å². The zero-order chi connectivity index (χ0) is 24.3. The van der Waals surface area contributed by atoms with E-state index in [4.69, 9.17) is 9.47 Å². The van der Waals surface area contributed by atoms with Crippen LogP contribution in [0.25, 0.3) is 5.69 Å². The Balaban J connectivity index is 1.37.